The van der Waals surface area contributed by atoms with E-state index < -0.39 is 0 Å². The average molecular weight is 213 g/mol. The molecule has 0 amide bonds. The van der Waals surface area contributed by atoms with Crippen molar-refractivity contribution in [2.45, 2.75) is 6.42 Å². The third kappa shape index (κ3) is 3.89. The van der Waals surface area contributed by atoms with Crippen molar-refractivity contribution in [3.8, 4) is 0 Å². The Morgan fingerprint density at radius 1 is 1.57 bits per heavy atom. The Hall–Kier alpha value is -0.870. The van der Waals surface area contributed by atoms with E-state index in [0.29, 0.717) is 11.5 Å². The summed E-state index contributed by atoms with van der Waals surface area (Å²) in [4.78, 5) is 14.1. The van der Waals surface area contributed by atoms with Gasteiger partial charge in [0.2, 0.25) is 0 Å². The molecule has 0 bridgehead atoms. The molecule has 0 aliphatic carbocycles. The highest BCUT2D eigenvalue weighted by Gasteiger charge is 2.06. The molecule has 1 aromatic rings. The van der Waals surface area contributed by atoms with Gasteiger partial charge in [-0.15, -0.1) is 11.3 Å². The number of hydrogen-bond acceptors (Lipinski definition) is 4. The van der Waals surface area contributed by atoms with Crippen LogP contribution < -0.4 is 0 Å². The fourth-order valence-corrected chi connectivity index (χ4v) is 1.63. The minimum Gasteiger partial charge on any atom is -0.461 e. The molecule has 1 heterocycles. The van der Waals surface area contributed by atoms with Gasteiger partial charge in [0, 0.05) is 6.54 Å². The number of carbonyl (C=O) groups is 1. The van der Waals surface area contributed by atoms with Gasteiger partial charge in [-0.2, -0.15) is 0 Å². The van der Waals surface area contributed by atoms with Crippen molar-refractivity contribution in [3.63, 3.8) is 0 Å². The molecule has 0 radical (unpaired) electrons. The van der Waals surface area contributed by atoms with Gasteiger partial charge in [-0.05, 0) is 32.0 Å². The number of esters is 1. The minimum atomic E-state index is -0.209. The van der Waals surface area contributed by atoms with Gasteiger partial charge in [0.1, 0.15) is 4.88 Å². The maximum absolute atomic E-state index is 11.3. The van der Waals surface area contributed by atoms with Crippen molar-refractivity contribution in [1.82, 2.24) is 4.90 Å². The van der Waals surface area contributed by atoms with Crippen molar-refractivity contribution in [2.24, 2.45) is 0 Å². The summed E-state index contributed by atoms with van der Waals surface area (Å²) in [5.41, 5.74) is 0. The molecule has 0 unspecified atom stereocenters. The Morgan fingerprint density at radius 2 is 2.36 bits per heavy atom. The Kier molecular flexibility index (Phi) is 4.62. The zero-order chi connectivity index (χ0) is 10.4. The summed E-state index contributed by atoms with van der Waals surface area (Å²) >= 11 is 1.41. The third-order valence-electron chi connectivity index (χ3n) is 1.71. The van der Waals surface area contributed by atoms with E-state index >= 15 is 0 Å². The predicted octanol–water partition coefficient (Wildman–Crippen LogP) is 1.86. The van der Waals surface area contributed by atoms with Gasteiger partial charge in [0.25, 0.3) is 0 Å². The lowest BCUT2D eigenvalue weighted by molar-refractivity contribution is 0.0499. The second kappa shape index (κ2) is 5.78. The van der Waals surface area contributed by atoms with E-state index in [1.807, 2.05) is 25.5 Å². The maximum Gasteiger partial charge on any atom is 0.348 e. The third-order valence-corrected chi connectivity index (χ3v) is 2.56. The first kappa shape index (κ1) is 11.2. The molecule has 4 heteroatoms. The summed E-state index contributed by atoms with van der Waals surface area (Å²) in [5, 5.41) is 1.87. The molecule has 78 valence electrons. The quantitative estimate of drug-likeness (QED) is 0.552. The van der Waals surface area contributed by atoms with Crippen LogP contribution in [0.3, 0.4) is 0 Å². The monoisotopic (exact) mass is 213 g/mol. The molecule has 0 aliphatic rings. The molecule has 1 aromatic heterocycles. The highest BCUT2D eigenvalue weighted by molar-refractivity contribution is 7.11. The van der Waals surface area contributed by atoms with Crippen LogP contribution in [-0.4, -0.2) is 38.1 Å². The lowest BCUT2D eigenvalue weighted by Crippen LogP contribution is -2.16. The summed E-state index contributed by atoms with van der Waals surface area (Å²) in [6, 6.07) is 3.63. The molecule has 14 heavy (non-hydrogen) atoms. The van der Waals surface area contributed by atoms with Crippen molar-refractivity contribution >= 4 is 17.3 Å². The van der Waals surface area contributed by atoms with E-state index in [0.717, 1.165) is 13.0 Å². The molecule has 0 aliphatic heterocycles. The molecule has 3 nitrogen and oxygen atoms in total. The van der Waals surface area contributed by atoms with Crippen LogP contribution in [0.15, 0.2) is 17.5 Å². The highest BCUT2D eigenvalue weighted by atomic mass is 32.1. The Balaban J connectivity index is 2.16. The highest BCUT2D eigenvalue weighted by Crippen LogP contribution is 2.09. The van der Waals surface area contributed by atoms with Crippen molar-refractivity contribution in [2.75, 3.05) is 27.2 Å². The normalized spacial score (nSPS) is 10.5. The van der Waals surface area contributed by atoms with Crippen molar-refractivity contribution in [3.05, 3.63) is 22.4 Å². The lowest BCUT2D eigenvalue weighted by atomic mass is 10.4. The molecule has 0 N–H and O–H groups in total. The van der Waals surface area contributed by atoms with Crippen LogP contribution in [0.5, 0.6) is 0 Å². The topological polar surface area (TPSA) is 29.5 Å². The van der Waals surface area contributed by atoms with Crippen LogP contribution in [0.1, 0.15) is 16.1 Å². The van der Waals surface area contributed by atoms with Gasteiger partial charge in [0.05, 0.1) is 6.61 Å². The van der Waals surface area contributed by atoms with E-state index in [2.05, 4.69) is 4.90 Å². The largest absolute Gasteiger partial charge is 0.461 e. The number of rotatable bonds is 5. The maximum atomic E-state index is 11.3. The zero-order valence-electron chi connectivity index (χ0n) is 8.53. The zero-order valence-corrected chi connectivity index (χ0v) is 9.34. The molecule has 0 atom stereocenters. The first-order valence-electron chi connectivity index (χ1n) is 4.55. The lowest BCUT2D eigenvalue weighted by Gasteiger charge is -2.08. The smallest absolute Gasteiger partial charge is 0.348 e. The number of ether oxygens (including phenoxy) is 1. The van der Waals surface area contributed by atoms with Crippen LogP contribution in [-0.2, 0) is 4.74 Å². The Labute approximate surface area is 88.3 Å². The van der Waals surface area contributed by atoms with Gasteiger partial charge in [-0.3, -0.25) is 0 Å². The fraction of sp³-hybridized carbons (Fsp3) is 0.500. The van der Waals surface area contributed by atoms with E-state index in [1.165, 1.54) is 11.3 Å². The molecule has 1 rings (SSSR count). The van der Waals surface area contributed by atoms with Gasteiger partial charge in [-0.1, -0.05) is 6.07 Å². The number of thiophene rings is 1. The minimum absolute atomic E-state index is 0.209. The van der Waals surface area contributed by atoms with Crippen LogP contribution in [0, 0.1) is 0 Å². The number of nitrogens with zero attached hydrogens (tertiary/aromatic N) is 1. The fourth-order valence-electron chi connectivity index (χ4n) is 1.01. The van der Waals surface area contributed by atoms with E-state index in [4.69, 9.17) is 4.74 Å². The Morgan fingerprint density at radius 3 is 2.93 bits per heavy atom. The number of hydrogen-bond donors (Lipinski definition) is 0. The van der Waals surface area contributed by atoms with Crippen LogP contribution in [0.2, 0.25) is 0 Å². The second-order valence-corrected chi connectivity index (χ2v) is 4.22. The first-order valence-corrected chi connectivity index (χ1v) is 5.43. The van der Waals surface area contributed by atoms with Gasteiger partial charge >= 0.3 is 5.97 Å². The average Bonchev–Trinajstić information content (AvgIpc) is 2.64. The summed E-state index contributed by atoms with van der Waals surface area (Å²) in [6.07, 6.45) is 0.879. The molecule has 0 saturated heterocycles. The Bertz CT molecular complexity index is 270. The second-order valence-electron chi connectivity index (χ2n) is 3.27. The van der Waals surface area contributed by atoms with E-state index in [9.17, 15) is 4.79 Å². The van der Waals surface area contributed by atoms with Crippen molar-refractivity contribution < 1.29 is 9.53 Å². The summed E-state index contributed by atoms with van der Waals surface area (Å²) in [6.45, 7) is 1.44. The summed E-state index contributed by atoms with van der Waals surface area (Å²) in [7, 11) is 4.00. The van der Waals surface area contributed by atoms with Crippen LogP contribution in [0.4, 0.5) is 0 Å². The molecule has 0 saturated carbocycles. The predicted molar refractivity (Wildman–Crippen MR) is 57.8 cm³/mol. The molecule has 0 fully saturated rings. The standard InChI is InChI=1S/C10H15NO2S/c1-11(2)6-4-7-13-10(12)9-5-3-8-14-9/h3,5,8H,4,6-7H2,1-2H3. The van der Waals surface area contributed by atoms with E-state index in [1.54, 1.807) is 6.07 Å². The molecular formula is C10H15NO2S. The molecule has 0 aromatic carbocycles. The van der Waals surface area contributed by atoms with Crippen LogP contribution >= 0.6 is 11.3 Å². The molecule has 0 spiro atoms. The van der Waals surface area contributed by atoms with Gasteiger partial charge < -0.3 is 9.64 Å². The summed E-state index contributed by atoms with van der Waals surface area (Å²) < 4.78 is 5.08. The number of carbonyl (C=O) groups excluding carboxylic acids is 1. The summed E-state index contributed by atoms with van der Waals surface area (Å²) in [5.74, 6) is -0.209. The SMILES string of the molecule is CN(C)CCCOC(=O)c1cccs1. The first-order chi connectivity index (χ1) is 6.70. The van der Waals surface area contributed by atoms with Gasteiger partial charge in [-0.25, -0.2) is 4.79 Å². The molecular weight excluding hydrogens is 198 g/mol. The van der Waals surface area contributed by atoms with Gasteiger partial charge in [0.15, 0.2) is 0 Å². The van der Waals surface area contributed by atoms with Crippen LogP contribution in [0.25, 0.3) is 0 Å². The van der Waals surface area contributed by atoms with E-state index in [-0.39, 0.29) is 5.97 Å². The van der Waals surface area contributed by atoms with Crippen molar-refractivity contribution in [1.29, 1.82) is 0 Å².